The summed E-state index contributed by atoms with van der Waals surface area (Å²) in [7, 11) is 3.35. The first-order valence-electron chi connectivity index (χ1n) is 26.5. The Hall–Kier alpha value is -6.97. The Morgan fingerprint density at radius 2 is 1.75 bits per heavy atom. The summed E-state index contributed by atoms with van der Waals surface area (Å²) in [6, 6.07) is 12.3. The van der Waals surface area contributed by atoms with Crippen LogP contribution in [0.1, 0.15) is 111 Å². The topological polar surface area (TPSA) is 177 Å². The number of halogens is 2. The van der Waals surface area contributed by atoms with Crippen molar-refractivity contribution in [1.82, 2.24) is 39.8 Å². The highest BCUT2D eigenvalue weighted by molar-refractivity contribution is 6.04. The molecule has 9 heterocycles. The van der Waals surface area contributed by atoms with E-state index in [0.29, 0.717) is 84.6 Å². The summed E-state index contributed by atoms with van der Waals surface area (Å²) in [6.07, 6.45) is 17.2. The maximum atomic E-state index is 17.0. The van der Waals surface area contributed by atoms with Gasteiger partial charge in [0.1, 0.15) is 35.2 Å². The third-order valence-corrected chi connectivity index (χ3v) is 17.5. The molecule has 0 radical (unpaired) electrons. The Morgan fingerprint density at radius 3 is 2.51 bits per heavy atom. The number of nitrogens with zero attached hydrogens (tertiary/aromatic N) is 8. The van der Waals surface area contributed by atoms with Crippen molar-refractivity contribution in [1.29, 1.82) is 0 Å². The summed E-state index contributed by atoms with van der Waals surface area (Å²) in [4.78, 5) is 56.5. The number of aryl methyl sites for hydroxylation is 2. The van der Waals surface area contributed by atoms with Crippen molar-refractivity contribution in [2.24, 2.45) is 12.5 Å². The standard InChI is InChI=1S/C34H33F2N5O3.C23H28N4O4/c1-2-23-25(35)8-6-20-16-22(42)17-24(27(20)23)30-29(36)31-28-26(37-30)9-7-21-18-43-15-5-14-41(21)32(28)39-33(38-31)44-19-34-10-3-12-40(34)13-4-11-34;1-26-18-11-14(15-12-23(13-15)7-9-27(10-8-23)22(30)31-2)3-4-16(18)20(25-26)17-5-6-19(28)24-21(17)29/h1,6,8,16-17,21,42H,3-5,7,9-15,18-19H2;3-4,11,15,17H,5-10,12-13H2,1-2H3,(H,24,28,29). The molecule has 2 unspecified atom stereocenters. The van der Waals surface area contributed by atoms with Crippen molar-refractivity contribution in [3.05, 3.63) is 76.6 Å². The van der Waals surface area contributed by atoms with Crippen LogP contribution in [0.25, 0.3) is 43.8 Å². The summed E-state index contributed by atoms with van der Waals surface area (Å²) < 4.78 is 50.9. The van der Waals surface area contributed by atoms with Crippen LogP contribution in [0.3, 0.4) is 0 Å². The highest BCUT2D eigenvalue weighted by Gasteiger charge is 2.48. The van der Waals surface area contributed by atoms with Gasteiger partial charge in [-0.05, 0) is 137 Å². The van der Waals surface area contributed by atoms with Crippen LogP contribution in [0.5, 0.6) is 11.8 Å². The number of fused-ring (bicyclic) bond motifs is 5. The zero-order chi connectivity index (χ0) is 51.8. The van der Waals surface area contributed by atoms with Crippen LogP contribution < -0.4 is 15.0 Å². The number of hydrogen-bond donors (Lipinski definition) is 2. The van der Waals surface area contributed by atoms with Gasteiger partial charge in [0.25, 0.3) is 0 Å². The largest absolute Gasteiger partial charge is 0.508 e. The van der Waals surface area contributed by atoms with Crippen molar-refractivity contribution < 1.29 is 42.5 Å². The van der Waals surface area contributed by atoms with Crippen LogP contribution >= 0.6 is 0 Å². The maximum Gasteiger partial charge on any atom is 0.409 e. The molecule has 3 aromatic heterocycles. The fourth-order valence-electron chi connectivity index (χ4n) is 13.6. The smallest absolute Gasteiger partial charge is 0.409 e. The number of aromatic nitrogens is 5. The molecular weight excluding hydrogens is 961 g/mol. The monoisotopic (exact) mass is 1020 g/mol. The van der Waals surface area contributed by atoms with Gasteiger partial charge >= 0.3 is 12.1 Å². The third kappa shape index (κ3) is 8.65. The quantitative estimate of drug-likeness (QED) is 0.121. The number of rotatable bonds is 6. The Labute approximate surface area is 433 Å². The van der Waals surface area contributed by atoms with E-state index in [2.05, 4.69) is 44.3 Å². The average molecular weight is 1020 g/mol. The molecule has 6 aliphatic heterocycles. The van der Waals surface area contributed by atoms with Gasteiger partial charge in [-0.15, -0.1) is 6.42 Å². The molecule has 18 heteroatoms. The number of likely N-dealkylation sites (tertiary alicyclic amines) is 1. The molecule has 75 heavy (non-hydrogen) atoms. The molecule has 5 saturated heterocycles. The first kappa shape index (κ1) is 48.9. The summed E-state index contributed by atoms with van der Waals surface area (Å²) in [5, 5.41) is 20.0. The molecule has 6 aromatic rings. The number of terminal acetylenes is 1. The fourth-order valence-corrected chi connectivity index (χ4v) is 13.6. The molecule has 2 atom stereocenters. The van der Waals surface area contributed by atoms with E-state index in [-0.39, 0.29) is 69.5 Å². The van der Waals surface area contributed by atoms with E-state index in [1.807, 2.05) is 11.7 Å². The Morgan fingerprint density at radius 1 is 0.947 bits per heavy atom. The van der Waals surface area contributed by atoms with E-state index in [1.165, 1.54) is 36.9 Å². The minimum Gasteiger partial charge on any atom is -0.508 e. The van der Waals surface area contributed by atoms with Crippen LogP contribution in [0.2, 0.25) is 0 Å². The Kier molecular flexibility index (Phi) is 12.6. The van der Waals surface area contributed by atoms with Gasteiger partial charge in [0.2, 0.25) is 11.8 Å². The molecule has 3 amide bonds. The molecule has 390 valence electrons. The number of pyridine rings is 1. The molecule has 1 saturated carbocycles. The van der Waals surface area contributed by atoms with Gasteiger partial charge in [-0.3, -0.25) is 24.5 Å². The highest BCUT2D eigenvalue weighted by atomic mass is 19.1. The van der Waals surface area contributed by atoms with Crippen LogP contribution in [0.15, 0.2) is 42.5 Å². The van der Waals surface area contributed by atoms with E-state index < -0.39 is 11.6 Å². The normalized spacial score (nSPS) is 22.2. The maximum absolute atomic E-state index is 17.0. The van der Waals surface area contributed by atoms with E-state index in [4.69, 9.17) is 35.6 Å². The van der Waals surface area contributed by atoms with E-state index in [1.54, 1.807) is 4.90 Å². The zero-order valence-corrected chi connectivity index (χ0v) is 42.4. The molecule has 7 aliphatic rings. The number of phenols is 1. The first-order valence-corrected chi connectivity index (χ1v) is 26.5. The van der Waals surface area contributed by atoms with Crippen LogP contribution in [0, 0.1) is 29.4 Å². The Bertz CT molecular complexity index is 3330. The van der Waals surface area contributed by atoms with Gasteiger partial charge in [0.05, 0.1) is 59.1 Å². The lowest BCUT2D eigenvalue weighted by atomic mass is 9.56. The lowest BCUT2D eigenvalue weighted by molar-refractivity contribution is -0.134. The second-order valence-corrected chi connectivity index (χ2v) is 21.8. The number of hydrogen-bond acceptors (Lipinski definition) is 13. The van der Waals surface area contributed by atoms with Crippen LogP contribution in [-0.4, -0.2) is 129 Å². The first-order chi connectivity index (χ1) is 36.3. The summed E-state index contributed by atoms with van der Waals surface area (Å²) in [5.74, 6) is 1.30. The van der Waals surface area contributed by atoms with Crippen molar-refractivity contribution in [2.75, 3.05) is 64.6 Å². The predicted octanol–water partition coefficient (Wildman–Crippen LogP) is 8.18. The number of amides is 3. The van der Waals surface area contributed by atoms with Crippen LogP contribution in [0.4, 0.5) is 19.4 Å². The molecule has 0 bridgehead atoms. The predicted molar refractivity (Wildman–Crippen MR) is 276 cm³/mol. The summed E-state index contributed by atoms with van der Waals surface area (Å²) in [6.45, 7) is 6.01. The number of anilines is 1. The molecule has 3 aromatic carbocycles. The van der Waals surface area contributed by atoms with Crippen LogP contribution in [-0.2, 0) is 32.5 Å². The second-order valence-electron chi connectivity index (χ2n) is 21.8. The molecule has 13 rings (SSSR count). The zero-order valence-electron chi connectivity index (χ0n) is 42.4. The lowest BCUT2D eigenvalue weighted by Gasteiger charge is -2.52. The lowest BCUT2D eigenvalue weighted by Crippen LogP contribution is -2.48. The SMILES string of the molecule is C#Cc1c(F)ccc2cc(O)cc(-c3nc4c5c(nc(OCC67CCCN6CCC7)nc5c3F)N3CCCOCC3CC4)c12.COC(=O)N1CCC2(CC1)CC(c1ccc3c(C4CCC(=O)NC4=O)nn(C)c3c1)C2. The second kappa shape index (κ2) is 19.3. The number of benzene rings is 3. The number of methoxy groups -OCH3 is 1. The minimum absolute atomic E-state index is 0.0143. The van der Waals surface area contributed by atoms with Crippen molar-refractivity contribution in [3.8, 4) is 35.4 Å². The number of carbonyl (C=O) groups is 3. The number of imide groups is 1. The Balaban J connectivity index is 0.000000161. The average Bonchev–Trinajstić information content (AvgIpc) is 4.00. The molecule has 6 fully saturated rings. The van der Waals surface area contributed by atoms with E-state index in [0.717, 1.165) is 107 Å². The number of aromatic hydroxyl groups is 1. The highest BCUT2D eigenvalue weighted by Crippen LogP contribution is 2.57. The number of nitrogens with one attached hydrogen (secondary N) is 1. The molecule has 16 nitrogen and oxygen atoms in total. The van der Waals surface area contributed by atoms with Crippen molar-refractivity contribution in [2.45, 2.75) is 107 Å². The molecule has 1 spiro atoms. The van der Waals surface area contributed by atoms with Gasteiger partial charge in [-0.25, -0.2) is 18.6 Å². The van der Waals surface area contributed by atoms with Gasteiger partial charge in [-0.1, -0.05) is 24.1 Å². The van der Waals surface area contributed by atoms with E-state index in [9.17, 15) is 23.9 Å². The number of ether oxygens (including phenoxy) is 3. The minimum atomic E-state index is -0.692. The van der Waals surface area contributed by atoms with E-state index >= 15 is 4.39 Å². The van der Waals surface area contributed by atoms with Gasteiger partial charge < -0.3 is 29.1 Å². The van der Waals surface area contributed by atoms with Gasteiger partial charge in [-0.2, -0.15) is 15.1 Å². The summed E-state index contributed by atoms with van der Waals surface area (Å²) in [5.41, 5.74) is 4.29. The van der Waals surface area contributed by atoms with Gasteiger partial charge in [0.15, 0.2) is 5.82 Å². The molecular formula is C57H61F2N9O7. The number of phenolic OH excluding ortho intramolecular Hbond substituents is 1. The number of carbonyl (C=O) groups excluding carboxylic acids is 3. The fraction of sp³-hybridized carbons (Fsp3) is 0.491. The van der Waals surface area contributed by atoms with Crippen molar-refractivity contribution >= 4 is 56.3 Å². The van der Waals surface area contributed by atoms with Crippen molar-refractivity contribution in [3.63, 3.8) is 0 Å². The summed E-state index contributed by atoms with van der Waals surface area (Å²) >= 11 is 0. The third-order valence-electron chi connectivity index (χ3n) is 17.5. The van der Waals surface area contributed by atoms with Gasteiger partial charge in [0, 0.05) is 56.0 Å². The number of piperidine rings is 2. The molecule has 1 aliphatic carbocycles. The molecule has 2 N–H and O–H groups in total.